The first-order valence-electron chi connectivity index (χ1n) is 6.33. The Labute approximate surface area is 111 Å². The van der Waals surface area contributed by atoms with Gasteiger partial charge in [0, 0.05) is 5.69 Å². The molecule has 0 aliphatic carbocycles. The van der Waals surface area contributed by atoms with Crippen LogP contribution in [0.1, 0.15) is 28.7 Å². The zero-order valence-corrected chi connectivity index (χ0v) is 11.0. The summed E-state index contributed by atoms with van der Waals surface area (Å²) < 4.78 is 5.69. The summed E-state index contributed by atoms with van der Waals surface area (Å²) in [6.45, 7) is 1.93. The Kier molecular flexibility index (Phi) is 2.87. The van der Waals surface area contributed by atoms with Crippen molar-refractivity contribution in [1.29, 1.82) is 0 Å². The fourth-order valence-corrected chi connectivity index (χ4v) is 2.51. The van der Waals surface area contributed by atoms with Crippen LogP contribution >= 0.6 is 0 Å². The molecule has 0 radical (unpaired) electrons. The van der Waals surface area contributed by atoms with E-state index in [1.807, 2.05) is 38.2 Å². The average Bonchev–Trinajstić information content (AvgIpc) is 2.95. The predicted octanol–water partition coefficient (Wildman–Crippen LogP) is 2.39. The van der Waals surface area contributed by atoms with E-state index in [1.165, 1.54) is 0 Å². The molecule has 3 rings (SSSR count). The number of rotatable bonds is 3. The molecule has 0 bridgehead atoms. The quantitative estimate of drug-likeness (QED) is 0.886. The highest BCUT2D eigenvalue weighted by molar-refractivity contribution is 5.99. The van der Waals surface area contributed by atoms with Crippen molar-refractivity contribution in [3.8, 4) is 0 Å². The van der Waals surface area contributed by atoms with Gasteiger partial charge in [0.05, 0.1) is 12.5 Å². The highest BCUT2D eigenvalue weighted by atomic mass is 16.3. The molecule has 1 aliphatic heterocycles. The third-order valence-corrected chi connectivity index (χ3v) is 3.42. The molecule has 4 heteroatoms. The number of anilines is 1. The first kappa shape index (κ1) is 12.0. The second-order valence-corrected chi connectivity index (χ2v) is 4.81. The first-order chi connectivity index (χ1) is 9.17. The van der Waals surface area contributed by atoms with E-state index in [-0.39, 0.29) is 11.9 Å². The zero-order valence-electron chi connectivity index (χ0n) is 11.0. The summed E-state index contributed by atoms with van der Waals surface area (Å²) in [6.07, 6.45) is 0.455. The van der Waals surface area contributed by atoms with Gasteiger partial charge in [-0.05, 0) is 43.3 Å². The van der Waals surface area contributed by atoms with Gasteiger partial charge in [0.2, 0.25) is 5.91 Å². The van der Waals surface area contributed by atoms with E-state index in [4.69, 9.17) is 4.42 Å². The zero-order chi connectivity index (χ0) is 13.4. The molecule has 2 heterocycles. The van der Waals surface area contributed by atoms with Gasteiger partial charge >= 0.3 is 0 Å². The van der Waals surface area contributed by atoms with Crippen LogP contribution < -0.4 is 10.6 Å². The number of amides is 1. The SMILES string of the molecule is CNC(c1ccc2c(c1)CC(=O)N2)c1ccc(C)o1. The number of fused-ring (bicyclic) bond motifs is 1. The molecule has 1 amide bonds. The van der Waals surface area contributed by atoms with Gasteiger partial charge in [-0.1, -0.05) is 12.1 Å². The van der Waals surface area contributed by atoms with Crippen LogP contribution in [0.4, 0.5) is 5.69 Å². The van der Waals surface area contributed by atoms with Crippen molar-refractivity contribution in [2.75, 3.05) is 12.4 Å². The Hall–Kier alpha value is -2.07. The van der Waals surface area contributed by atoms with Gasteiger partial charge in [0.15, 0.2) is 0 Å². The van der Waals surface area contributed by atoms with Gasteiger partial charge in [-0.15, -0.1) is 0 Å². The largest absolute Gasteiger partial charge is 0.464 e. The summed E-state index contributed by atoms with van der Waals surface area (Å²) >= 11 is 0. The van der Waals surface area contributed by atoms with Crippen LogP contribution in [0.5, 0.6) is 0 Å². The number of furan rings is 1. The van der Waals surface area contributed by atoms with Gasteiger partial charge in [-0.25, -0.2) is 0 Å². The number of hydrogen-bond acceptors (Lipinski definition) is 3. The molecule has 1 aromatic carbocycles. The summed E-state index contributed by atoms with van der Waals surface area (Å²) in [5.41, 5.74) is 3.07. The number of benzene rings is 1. The minimum absolute atomic E-state index is 0.00898. The monoisotopic (exact) mass is 256 g/mol. The average molecular weight is 256 g/mol. The maximum atomic E-state index is 11.4. The first-order valence-corrected chi connectivity index (χ1v) is 6.33. The number of carbonyl (C=O) groups is 1. The van der Waals surface area contributed by atoms with Gasteiger partial charge in [-0.3, -0.25) is 4.79 Å². The topological polar surface area (TPSA) is 54.3 Å². The Morgan fingerprint density at radius 1 is 1.32 bits per heavy atom. The molecular weight excluding hydrogens is 240 g/mol. The summed E-state index contributed by atoms with van der Waals surface area (Å²) in [5, 5.41) is 6.09. The number of carbonyl (C=O) groups excluding carboxylic acids is 1. The molecule has 1 aliphatic rings. The lowest BCUT2D eigenvalue weighted by Gasteiger charge is -2.15. The molecule has 0 spiro atoms. The van der Waals surface area contributed by atoms with Gasteiger partial charge in [0.25, 0.3) is 0 Å². The van der Waals surface area contributed by atoms with Crippen molar-refractivity contribution >= 4 is 11.6 Å². The second-order valence-electron chi connectivity index (χ2n) is 4.81. The Morgan fingerprint density at radius 3 is 2.84 bits per heavy atom. The summed E-state index contributed by atoms with van der Waals surface area (Å²) in [7, 11) is 1.90. The molecule has 1 unspecified atom stereocenters. The van der Waals surface area contributed by atoms with Crippen molar-refractivity contribution in [1.82, 2.24) is 5.32 Å². The van der Waals surface area contributed by atoms with Crippen molar-refractivity contribution < 1.29 is 9.21 Å². The number of nitrogens with one attached hydrogen (secondary N) is 2. The third-order valence-electron chi connectivity index (χ3n) is 3.42. The van der Waals surface area contributed by atoms with Crippen LogP contribution in [-0.4, -0.2) is 13.0 Å². The number of hydrogen-bond donors (Lipinski definition) is 2. The van der Waals surface area contributed by atoms with E-state index in [0.717, 1.165) is 28.3 Å². The third kappa shape index (κ3) is 2.15. The minimum atomic E-state index is 0.00898. The lowest BCUT2D eigenvalue weighted by atomic mass is 10.0. The lowest BCUT2D eigenvalue weighted by Crippen LogP contribution is -2.17. The molecule has 0 fully saturated rings. The van der Waals surface area contributed by atoms with Crippen LogP contribution in [0.25, 0.3) is 0 Å². The molecule has 2 aromatic rings. The Bertz CT molecular complexity index is 631. The standard InChI is InChI=1S/C15H16N2O2/c1-9-3-6-13(19-9)15(16-2)10-4-5-12-11(7-10)8-14(18)17-12/h3-7,15-16H,8H2,1-2H3,(H,17,18). The normalized spacial score (nSPS) is 15.2. The molecule has 0 saturated carbocycles. The summed E-state index contributed by atoms with van der Waals surface area (Å²) in [6, 6.07) is 9.98. The summed E-state index contributed by atoms with van der Waals surface area (Å²) in [4.78, 5) is 11.4. The molecule has 98 valence electrons. The Morgan fingerprint density at radius 2 is 2.16 bits per heavy atom. The van der Waals surface area contributed by atoms with E-state index in [2.05, 4.69) is 16.7 Å². The fourth-order valence-electron chi connectivity index (χ4n) is 2.51. The molecule has 0 saturated heterocycles. The molecule has 2 N–H and O–H groups in total. The van der Waals surface area contributed by atoms with Crippen molar-refractivity contribution in [2.45, 2.75) is 19.4 Å². The van der Waals surface area contributed by atoms with Crippen molar-refractivity contribution in [3.05, 3.63) is 53.0 Å². The van der Waals surface area contributed by atoms with Crippen LogP contribution in [0.15, 0.2) is 34.7 Å². The molecule has 4 nitrogen and oxygen atoms in total. The molecular formula is C15H16N2O2. The smallest absolute Gasteiger partial charge is 0.228 e. The second kappa shape index (κ2) is 4.55. The van der Waals surface area contributed by atoms with Crippen LogP contribution in [0.2, 0.25) is 0 Å². The predicted molar refractivity (Wildman–Crippen MR) is 73.1 cm³/mol. The maximum Gasteiger partial charge on any atom is 0.228 e. The van der Waals surface area contributed by atoms with E-state index in [1.54, 1.807) is 0 Å². The van der Waals surface area contributed by atoms with Gasteiger partial charge < -0.3 is 15.1 Å². The highest BCUT2D eigenvalue weighted by Crippen LogP contribution is 2.29. The molecule has 19 heavy (non-hydrogen) atoms. The van der Waals surface area contributed by atoms with E-state index in [0.29, 0.717) is 6.42 Å². The van der Waals surface area contributed by atoms with Crippen LogP contribution in [0, 0.1) is 6.92 Å². The van der Waals surface area contributed by atoms with E-state index >= 15 is 0 Å². The fraction of sp³-hybridized carbons (Fsp3) is 0.267. The minimum Gasteiger partial charge on any atom is -0.464 e. The van der Waals surface area contributed by atoms with Crippen LogP contribution in [0.3, 0.4) is 0 Å². The highest BCUT2D eigenvalue weighted by Gasteiger charge is 2.21. The van der Waals surface area contributed by atoms with Gasteiger partial charge in [-0.2, -0.15) is 0 Å². The Balaban J connectivity index is 1.97. The molecule has 1 atom stereocenters. The summed E-state index contributed by atoms with van der Waals surface area (Å²) in [5.74, 6) is 1.84. The van der Waals surface area contributed by atoms with Crippen molar-refractivity contribution in [3.63, 3.8) is 0 Å². The maximum absolute atomic E-state index is 11.4. The lowest BCUT2D eigenvalue weighted by molar-refractivity contribution is -0.115. The number of aryl methyl sites for hydroxylation is 1. The van der Waals surface area contributed by atoms with Crippen LogP contribution in [-0.2, 0) is 11.2 Å². The van der Waals surface area contributed by atoms with Gasteiger partial charge in [0.1, 0.15) is 11.5 Å². The van der Waals surface area contributed by atoms with Crippen molar-refractivity contribution in [2.24, 2.45) is 0 Å². The molecule has 1 aromatic heterocycles. The van der Waals surface area contributed by atoms with E-state index in [9.17, 15) is 4.79 Å². The van der Waals surface area contributed by atoms with E-state index < -0.39 is 0 Å².